The molecule has 7 heteroatoms. The molecule has 0 fully saturated rings. The molecule has 7 nitrogen and oxygen atoms in total. The molecule has 0 aliphatic rings. The Labute approximate surface area is 286 Å². The third-order valence-electron chi connectivity index (χ3n) is 9.33. The molecular formula is C43H27N7. The van der Waals surface area contributed by atoms with Crippen LogP contribution in [-0.4, -0.2) is 34.3 Å². The van der Waals surface area contributed by atoms with Crippen LogP contribution in [0.5, 0.6) is 0 Å². The van der Waals surface area contributed by atoms with Crippen LogP contribution >= 0.6 is 0 Å². The van der Waals surface area contributed by atoms with E-state index in [1.807, 2.05) is 72.8 Å². The van der Waals surface area contributed by atoms with Crippen molar-refractivity contribution in [1.29, 1.82) is 0 Å². The van der Waals surface area contributed by atoms with Gasteiger partial charge in [-0.25, -0.2) is 15.0 Å². The quantitative estimate of drug-likeness (QED) is 0.187. The molecule has 10 rings (SSSR count). The zero-order chi connectivity index (χ0) is 33.0. The van der Waals surface area contributed by atoms with Gasteiger partial charge in [0.15, 0.2) is 17.5 Å². The highest BCUT2D eigenvalue weighted by Crippen LogP contribution is 2.41. The molecule has 0 amide bonds. The van der Waals surface area contributed by atoms with Gasteiger partial charge in [0.1, 0.15) is 5.52 Å². The van der Waals surface area contributed by atoms with Crippen molar-refractivity contribution in [3.05, 3.63) is 164 Å². The minimum atomic E-state index is 0.625. The third kappa shape index (κ3) is 4.41. The van der Waals surface area contributed by atoms with E-state index in [9.17, 15) is 0 Å². The van der Waals surface area contributed by atoms with E-state index in [0.29, 0.717) is 17.5 Å². The van der Waals surface area contributed by atoms with Crippen molar-refractivity contribution in [3.8, 4) is 45.5 Å². The second kappa shape index (κ2) is 11.3. The van der Waals surface area contributed by atoms with Crippen molar-refractivity contribution < 1.29 is 0 Å². The molecule has 0 saturated carbocycles. The van der Waals surface area contributed by atoms with Gasteiger partial charge in [-0.1, -0.05) is 97.1 Å². The SMILES string of the molecule is c1ccc(-c2nc(-c3ccccc3)nc(-c3ccc(-n4c5ccccc5c5c6c7nnccc7n(-c7ccccc7)c6ccc54)cc3)n2)cc1. The number of nitrogens with zero attached hydrogens (tertiary/aromatic N) is 7. The van der Waals surface area contributed by atoms with Gasteiger partial charge in [-0.05, 0) is 60.7 Å². The summed E-state index contributed by atoms with van der Waals surface area (Å²) in [4.78, 5) is 14.7. The normalized spacial score (nSPS) is 11.6. The number of hydrogen-bond donors (Lipinski definition) is 0. The Hall–Kier alpha value is -6.99. The first kappa shape index (κ1) is 28.1. The summed E-state index contributed by atoms with van der Waals surface area (Å²) >= 11 is 0. The van der Waals surface area contributed by atoms with Crippen molar-refractivity contribution in [1.82, 2.24) is 34.3 Å². The van der Waals surface area contributed by atoms with E-state index in [2.05, 4.69) is 99.2 Å². The molecule has 0 aliphatic carbocycles. The molecule has 0 saturated heterocycles. The van der Waals surface area contributed by atoms with E-state index in [1.54, 1.807) is 6.20 Å². The number of benzene rings is 6. The molecule has 0 radical (unpaired) electrons. The number of aromatic nitrogens is 7. The highest BCUT2D eigenvalue weighted by atomic mass is 15.1. The second-order valence-corrected chi connectivity index (χ2v) is 12.2. The van der Waals surface area contributed by atoms with Crippen LogP contribution < -0.4 is 0 Å². The van der Waals surface area contributed by atoms with E-state index in [4.69, 9.17) is 20.1 Å². The molecular weight excluding hydrogens is 615 g/mol. The first-order valence-electron chi connectivity index (χ1n) is 16.5. The summed E-state index contributed by atoms with van der Waals surface area (Å²) in [6.45, 7) is 0. The summed E-state index contributed by atoms with van der Waals surface area (Å²) in [5.41, 5.74) is 10.1. The predicted molar refractivity (Wildman–Crippen MR) is 200 cm³/mol. The molecule has 234 valence electrons. The third-order valence-corrected chi connectivity index (χ3v) is 9.33. The van der Waals surface area contributed by atoms with Crippen LogP contribution in [0.1, 0.15) is 0 Å². The number of fused-ring (bicyclic) bond motifs is 7. The van der Waals surface area contributed by atoms with Crippen LogP contribution in [0.25, 0.3) is 89.3 Å². The topological polar surface area (TPSA) is 74.3 Å². The molecule has 6 aromatic carbocycles. The predicted octanol–water partition coefficient (Wildman–Crippen LogP) is 9.86. The molecule has 0 aliphatic heterocycles. The van der Waals surface area contributed by atoms with Gasteiger partial charge in [0, 0.05) is 44.2 Å². The molecule has 0 bridgehead atoms. The van der Waals surface area contributed by atoms with Crippen molar-refractivity contribution in [2.75, 3.05) is 0 Å². The van der Waals surface area contributed by atoms with Gasteiger partial charge in [0.2, 0.25) is 0 Å². The fourth-order valence-corrected chi connectivity index (χ4v) is 7.12. The zero-order valence-corrected chi connectivity index (χ0v) is 26.7. The minimum absolute atomic E-state index is 0.625. The largest absolute Gasteiger partial charge is 0.309 e. The highest BCUT2D eigenvalue weighted by Gasteiger charge is 2.21. The lowest BCUT2D eigenvalue weighted by Gasteiger charge is -2.11. The molecule has 10 aromatic rings. The molecule has 4 heterocycles. The van der Waals surface area contributed by atoms with Crippen LogP contribution in [0.4, 0.5) is 0 Å². The van der Waals surface area contributed by atoms with E-state index in [-0.39, 0.29) is 0 Å². The lowest BCUT2D eigenvalue weighted by molar-refractivity contribution is 1.07. The Morgan fingerprint density at radius 3 is 1.50 bits per heavy atom. The summed E-state index contributed by atoms with van der Waals surface area (Å²) in [7, 11) is 0. The average molecular weight is 642 g/mol. The van der Waals surface area contributed by atoms with Crippen LogP contribution in [-0.2, 0) is 0 Å². The van der Waals surface area contributed by atoms with Crippen molar-refractivity contribution in [2.45, 2.75) is 0 Å². The Morgan fingerprint density at radius 1 is 0.360 bits per heavy atom. The maximum Gasteiger partial charge on any atom is 0.164 e. The molecule has 0 atom stereocenters. The molecule has 0 unspecified atom stereocenters. The van der Waals surface area contributed by atoms with Gasteiger partial charge in [0.25, 0.3) is 0 Å². The summed E-state index contributed by atoms with van der Waals surface area (Å²) in [6.07, 6.45) is 1.76. The van der Waals surface area contributed by atoms with Crippen molar-refractivity contribution >= 4 is 43.7 Å². The summed E-state index contributed by atoms with van der Waals surface area (Å²) < 4.78 is 4.61. The molecule has 50 heavy (non-hydrogen) atoms. The Morgan fingerprint density at radius 2 is 0.860 bits per heavy atom. The number of rotatable bonds is 5. The van der Waals surface area contributed by atoms with E-state index in [1.165, 1.54) is 0 Å². The summed E-state index contributed by atoms with van der Waals surface area (Å²) in [6, 6.07) is 54.1. The second-order valence-electron chi connectivity index (χ2n) is 12.2. The fourth-order valence-electron chi connectivity index (χ4n) is 7.12. The first-order chi connectivity index (χ1) is 24.8. The zero-order valence-electron chi connectivity index (χ0n) is 26.7. The molecule has 4 aromatic heterocycles. The monoisotopic (exact) mass is 641 g/mol. The number of para-hydroxylation sites is 2. The van der Waals surface area contributed by atoms with Gasteiger partial charge in [-0.15, -0.1) is 5.10 Å². The average Bonchev–Trinajstić information content (AvgIpc) is 3.72. The fraction of sp³-hybridized carbons (Fsp3) is 0. The van der Waals surface area contributed by atoms with Crippen molar-refractivity contribution in [3.63, 3.8) is 0 Å². The molecule has 0 N–H and O–H groups in total. The van der Waals surface area contributed by atoms with Gasteiger partial charge in [0.05, 0.1) is 28.3 Å². The maximum atomic E-state index is 4.94. The van der Waals surface area contributed by atoms with Crippen LogP contribution in [0, 0.1) is 0 Å². The van der Waals surface area contributed by atoms with E-state index < -0.39 is 0 Å². The first-order valence-corrected chi connectivity index (χ1v) is 16.5. The van der Waals surface area contributed by atoms with Gasteiger partial charge >= 0.3 is 0 Å². The van der Waals surface area contributed by atoms with E-state index >= 15 is 0 Å². The van der Waals surface area contributed by atoms with Crippen molar-refractivity contribution in [2.24, 2.45) is 0 Å². The summed E-state index contributed by atoms with van der Waals surface area (Å²) in [5.74, 6) is 1.91. The van der Waals surface area contributed by atoms with E-state index in [0.717, 1.165) is 71.8 Å². The van der Waals surface area contributed by atoms with Crippen LogP contribution in [0.2, 0.25) is 0 Å². The maximum absolute atomic E-state index is 4.94. The lowest BCUT2D eigenvalue weighted by Crippen LogP contribution is -2.00. The minimum Gasteiger partial charge on any atom is -0.309 e. The lowest BCUT2D eigenvalue weighted by atomic mass is 10.1. The Balaban J connectivity index is 1.16. The van der Waals surface area contributed by atoms with Crippen LogP contribution in [0.3, 0.4) is 0 Å². The smallest absolute Gasteiger partial charge is 0.164 e. The van der Waals surface area contributed by atoms with Gasteiger partial charge < -0.3 is 9.13 Å². The van der Waals surface area contributed by atoms with Gasteiger partial charge in [-0.3, -0.25) is 0 Å². The standard InChI is InChI=1S/C43H27N7/c1-4-12-28(13-5-1)41-45-42(29-14-6-2-7-15-29)47-43(46-41)30-20-22-32(23-21-30)49-34-19-11-10-18-33(34)38-35(49)24-25-36-39(38)40-37(26-27-44-48-40)50(36)31-16-8-3-9-17-31/h1-27H. The van der Waals surface area contributed by atoms with Gasteiger partial charge in [-0.2, -0.15) is 5.10 Å². The van der Waals surface area contributed by atoms with Crippen LogP contribution in [0.15, 0.2) is 164 Å². The highest BCUT2D eigenvalue weighted by molar-refractivity contribution is 6.28. The molecule has 0 spiro atoms. The Bertz CT molecular complexity index is 2780. The summed E-state index contributed by atoms with van der Waals surface area (Å²) in [5, 5.41) is 12.4. The number of hydrogen-bond acceptors (Lipinski definition) is 5. The Kier molecular flexibility index (Phi) is 6.35.